The Balaban J connectivity index is 0. The Morgan fingerprint density at radius 2 is 1.64 bits per heavy atom. The third kappa shape index (κ3) is 5.49. The fourth-order valence-corrected chi connectivity index (χ4v) is 6.83. The number of ether oxygens (including phenoxy) is 1. The van der Waals surface area contributed by atoms with Gasteiger partial charge in [0, 0.05) is 42.8 Å². The van der Waals surface area contributed by atoms with Crippen LogP contribution in [-0.4, -0.2) is 20.9 Å². The second kappa shape index (κ2) is 9.03. The second-order valence-electron chi connectivity index (χ2n) is 6.90. The first-order valence-electron chi connectivity index (χ1n) is 6.89. The van der Waals surface area contributed by atoms with Crippen molar-refractivity contribution >= 4 is 38.8 Å². The van der Waals surface area contributed by atoms with Crippen LogP contribution in [0.5, 0.6) is 0 Å². The molecule has 0 radical (unpaired) electrons. The molecule has 0 saturated carbocycles. The van der Waals surface area contributed by atoms with E-state index in [2.05, 4.69) is 69.2 Å². The molecule has 1 unspecified atom stereocenters. The summed E-state index contributed by atoms with van der Waals surface area (Å²) in [5.41, 5.74) is 3.28. The topological polar surface area (TPSA) is 21.3 Å². The molecule has 0 saturated heterocycles. The molecular formula is C16H27Cl2NOSiZr. The molecule has 0 heterocycles. The van der Waals surface area contributed by atoms with Gasteiger partial charge in [-0.25, -0.2) is 0 Å². The summed E-state index contributed by atoms with van der Waals surface area (Å²) in [6.07, 6.45) is 2.30. The Hall–Kier alpha value is 0.400. The number of nitrogens with one attached hydrogen (secondary N) is 1. The summed E-state index contributed by atoms with van der Waals surface area (Å²) < 4.78 is 5.55. The summed E-state index contributed by atoms with van der Waals surface area (Å²) in [6.45, 7) is 11.5. The molecule has 6 heteroatoms. The summed E-state index contributed by atoms with van der Waals surface area (Å²) in [4.78, 5) is 3.86. The van der Waals surface area contributed by atoms with Crippen LogP contribution in [0.4, 0.5) is 0 Å². The van der Waals surface area contributed by atoms with Gasteiger partial charge in [0.05, 0.1) is 7.11 Å². The minimum atomic E-state index is -1.62. The summed E-state index contributed by atoms with van der Waals surface area (Å²) in [6, 6.07) is 8.60. The average molecular weight is 440 g/mol. The number of hydrogen-bond acceptors (Lipinski definition) is 2. The van der Waals surface area contributed by atoms with Gasteiger partial charge in [-0.05, 0) is 32.4 Å². The van der Waals surface area contributed by atoms with Crippen molar-refractivity contribution in [2.45, 2.75) is 44.9 Å². The number of methoxy groups -OCH3 is 1. The zero-order chi connectivity index (χ0) is 14.3. The van der Waals surface area contributed by atoms with Crippen LogP contribution in [0, 0.1) is 0 Å². The Morgan fingerprint density at radius 3 is 2.14 bits per heavy atom. The van der Waals surface area contributed by atoms with E-state index in [1.807, 2.05) is 0 Å². The van der Waals surface area contributed by atoms with Gasteiger partial charge < -0.3 is 9.72 Å². The van der Waals surface area contributed by atoms with Crippen LogP contribution < -0.4 is 4.98 Å². The van der Waals surface area contributed by atoms with Crippen molar-refractivity contribution in [2.24, 2.45) is 0 Å². The van der Waals surface area contributed by atoms with E-state index in [0.717, 1.165) is 5.76 Å². The molecule has 2 nitrogen and oxygen atoms in total. The van der Waals surface area contributed by atoms with E-state index in [-0.39, 0.29) is 56.6 Å². The molecule has 0 aromatic heterocycles. The van der Waals surface area contributed by atoms with Crippen LogP contribution in [0.25, 0.3) is 5.76 Å². The first-order valence-corrected chi connectivity index (χ1v) is 9.97. The van der Waals surface area contributed by atoms with Crippen LogP contribution in [-0.2, 0) is 30.9 Å². The molecule has 1 aliphatic carbocycles. The summed E-state index contributed by atoms with van der Waals surface area (Å²) in [5, 5.41) is 0. The van der Waals surface area contributed by atoms with Crippen molar-refractivity contribution in [3.63, 3.8) is 0 Å². The molecule has 0 amide bonds. The maximum absolute atomic E-state index is 5.55. The molecule has 2 rings (SSSR count). The molecule has 0 fully saturated rings. The number of allylic oxidation sites excluding steroid dienone is 1. The van der Waals surface area contributed by atoms with E-state index in [1.165, 1.54) is 11.1 Å². The SMILES string of the molecule is COC1=CC([Si](C)(C)NC(C)(C)C)c2ccccc21.Cl.Cl.[Zr]. The molecule has 1 aromatic rings. The number of halogens is 2. The summed E-state index contributed by atoms with van der Waals surface area (Å²) in [7, 11) is 0.139. The van der Waals surface area contributed by atoms with Gasteiger partial charge in [-0.1, -0.05) is 37.4 Å². The minimum Gasteiger partial charge on any atom is -0.496 e. The second-order valence-corrected chi connectivity index (χ2v) is 11.2. The van der Waals surface area contributed by atoms with E-state index in [1.54, 1.807) is 7.11 Å². The van der Waals surface area contributed by atoms with Gasteiger partial charge >= 0.3 is 0 Å². The predicted molar refractivity (Wildman–Crippen MR) is 99.0 cm³/mol. The Morgan fingerprint density at radius 1 is 1.09 bits per heavy atom. The minimum absolute atomic E-state index is 0. The first kappa shape index (κ1) is 24.6. The van der Waals surface area contributed by atoms with Crippen LogP contribution in [0.2, 0.25) is 13.1 Å². The van der Waals surface area contributed by atoms with Gasteiger partial charge in [0.1, 0.15) is 14.0 Å². The van der Waals surface area contributed by atoms with Crippen molar-refractivity contribution in [3.05, 3.63) is 41.5 Å². The molecule has 1 aromatic carbocycles. The third-order valence-electron chi connectivity index (χ3n) is 3.57. The molecule has 0 aliphatic heterocycles. The maximum Gasteiger partial charge on any atom is 0.131 e. The molecule has 0 spiro atoms. The standard InChI is InChI=1S/C16H25NOSi.2ClH.Zr/c1-16(2,3)17-19(5,6)15-11-14(18-4)12-9-7-8-10-13(12)15;;;/h7-11,15,17H,1-6H3;2*1H;. The third-order valence-corrected chi connectivity index (χ3v) is 7.00. The van der Waals surface area contributed by atoms with Crippen molar-refractivity contribution in [3.8, 4) is 0 Å². The first-order chi connectivity index (χ1) is 8.74. The molecule has 22 heavy (non-hydrogen) atoms. The van der Waals surface area contributed by atoms with E-state index in [4.69, 9.17) is 4.74 Å². The number of fused-ring (bicyclic) bond motifs is 1. The summed E-state index contributed by atoms with van der Waals surface area (Å²) >= 11 is 0. The molecule has 124 valence electrons. The summed E-state index contributed by atoms with van der Waals surface area (Å²) in [5.74, 6) is 1.02. The van der Waals surface area contributed by atoms with Crippen molar-refractivity contribution in [1.29, 1.82) is 0 Å². The average Bonchev–Trinajstić information content (AvgIpc) is 2.65. The Kier molecular flexibility index (Phi) is 10.1. The van der Waals surface area contributed by atoms with Crippen LogP contribution >= 0.6 is 24.8 Å². The van der Waals surface area contributed by atoms with Crippen LogP contribution in [0.1, 0.15) is 37.4 Å². The van der Waals surface area contributed by atoms with Crippen molar-refractivity contribution in [2.75, 3.05) is 7.11 Å². The monoisotopic (exact) mass is 437 g/mol. The van der Waals surface area contributed by atoms with Crippen molar-refractivity contribution in [1.82, 2.24) is 4.98 Å². The van der Waals surface area contributed by atoms with Gasteiger partial charge in [0.2, 0.25) is 0 Å². The van der Waals surface area contributed by atoms with E-state index in [9.17, 15) is 0 Å². The predicted octanol–water partition coefficient (Wildman–Crippen LogP) is 4.74. The van der Waals surface area contributed by atoms with Gasteiger partial charge in [0.25, 0.3) is 0 Å². The van der Waals surface area contributed by atoms with Crippen LogP contribution in [0.15, 0.2) is 30.3 Å². The van der Waals surface area contributed by atoms with E-state index < -0.39 is 8.24 Å². The largest absolute Gasteiger partial charge is 0.496 e. The van der Waals surface area contributed by atoms with Gasteiger partial charge in [-0.15, -0.1) is 24.8 Å². The zero-order valence-electron chi connectivity index (χ0n) is 14.2. The Labute approximate surface area is 167 Å². The van der Waals surface area contributed by atoms with Crippen molar-refractivity contribution < 1.29 is 30.9 Å². The van der Waals surface area contributed by atoms with Gasteiger partial charge in [-0.2, -0.15) is 0 Å². The number of rotatable bonds is 3. The fraction of sp³-hybridized carbons (Fsp3) is 0.500. The molecular weight excluding hydrogens is 412 g/mol. The molecule has 0 bridgehead atoms. The zero-order valence-corrected chi connectivity index (χ0v) is 19.3. The Bertz CT molecular complexity index is 515. The smallest absolute Gasteiger partial charge is 0.131 e. The van der Waals surface area contributed by atoms with Gasteiger partial charge in [0.15, 0.2) is 0 Å². The molecule has 1 N–H and O–H groups in total. The quantitative estimate of drug-likeness (QED) is 0.687. The molecule has 1 atom stereocenters. The van der Waals surface area contributed by atoms with E-state index in [0.29, 0.717) is 5.54 Å². The number of benzene rings is 1. The van der Waals surface area contributed by atoms with Gasteiger partial charge in [-0.3, -0.25) is 0 Å². The normalized spacial score (nSPS) is 16.5. The van der Waals surface area contributed by atoms with Crippen LogP contribution in [0.3, 0.4) is 0 Å². The van der Waals surface area contributed by atoms with E-state index >= 15 is 0 Å². The fourth-order valence-electron chi connectivity index (χ4n) is 3.14. The number of hydrogen-bond donors (Lipinski definition) is 1. The maximum atomic E-state index is 5.55. The molecule has 1 aliphatic rings.